The Balaban J connectivity index is 4.22. The smallest absolute Gasteiger partial charge is 0.276 e. The van der Waals surface area contributed by atoms with Gasteiger partial charge in [0.15, 0.2) is 0 Å². The highest BCUT2D eigenvalue weighted by atomic mass is 31.2. The fourth-order valence-electron chi connectivity index (χ4n) is 0.477. The minimum absolute atomic E-state index is 0.504. The highest BCUT2D eigenvalue weighted by Gasteiger charge is 2.31. The average molecular weight is 212 g/mol. The number of phosphoric acid groups is 1. The summed E-state index contributed by atoms with van der Waals surface area (Å²) < 4.78 is 24.8. The second-order valence-electron chi connectivity index (χ2n) is 1.98. The molecular weight excluding hydrogens is 199 g/mol. The van der Waals surface area contributed by atoms with E-state index in [1.165, 1.54) is 20.3 Å². The van der Waals surface area contributed by atoms with E-state index >= 15 is 0 Å². The van der Waals surface area contributed by atoms with Gasteiger partial charge in [-0.1, -0.05) is 6.08 Å². The van der Waals surface area contributed by atoms with E-state index in [0.29, 0.717) is 0 Å². The maximum atomic E-state index is 11.4. The fourth-order valence-corrected chi connectivity index (χ4v) is 1.43. The van der Waals surface area contributed by atoms with E-state index in [0.717, 1.165) is 0 Å². The SMILES string of the molecule is C=CC(C)OP(=O)(OOC)OOC. The molecule has 1 atom stereocenters. The van der Waals surface area contributed by atoms with Crippen LogP contribution in [0.1, 0.15) is 6.92 Å². The van der Waals surface area contributed by atoms with Gasteiger partial charge < -0.3 is 0 Å². The normalized spacial score (nSPS) is 14.1. The molecule has 0 rings (SSSR count). The molecule has 0 aromatic heterocycles. The summed E-state index contributed by atoms with van der Waals surface area (Å²) in [4.78, 5) is 8.36. The fraction of sp³-hybridized carbons (Fsp3) is 0.667. The molecule has 0 saturated carbocycles. The number of rotatable bonds is 7. The molecule has 0 aromatic rings. The molecule has 0 spiro atoms. The lowest BCUT2D eigenvalue weighted by molar-refractivity contribution is -0.260. The predicted molar refractivity (Wildman–Crippen MR) is 44.5 cm³/mol. The third kappa shape index (κ3) is 5.15. The van der Waals surface area contributed by atoms with Crippen LogP contribution in [0.4, 0.5) is 0 Å². The second kappa shape index (κ2) is 6.26. The average Bonchev–Trinajstić information content (AvgIpc) is 2.04. The van der Waals surface area contributed by atoms with E-state index in [-0.39, 0.29) is 0 Å². The van der Waals surface area contributed by atoms with Gasteiger partial charge in [-0.05, 0) is 6.92 Å². The molecule has 0 aliphatic rings. The molecule has 0 radical (unpaired) electrons. The molecule has 0 saturated heterocycles. The number of hydrogen-bond acceptors (Lipinski definition) is 6. The van der Waals surface area contributed by atoms with E-state index in [9.17, 15) is 4.57 Å². The van der Waals surface area contributed by atoms with Gasteiger partial charge in [0.25, 0.3) is 0 Å². The molecule has 0 heterocycles. The molecule has 1 unspecified atom stereocenters. The van der Waals surface area contributed by atoms with Gasteiger partial charge in [-0.15, -0.1) is 15.9 Å². The van der Waals surface area contributed by atoms with Crippen molar-refractivity contribution in [2.75, 3.05) is 14.2 Å². The van der Waals surface area contributed by atoms with Crippen molar-refractivity contribution < 1.29 is 28.2 Å². The van der Waals surface area contributed by atoms with E-state index < -0.39 is 13.9 Å². The lowest BCUT2D eigenvalue weighted by Gasteiger charge is -2.15. The van der Waals surface area contributed by atoms with Crippen LogP contribution in [0.25, 0.3) is 0 Å². The Hall–Kier alpha value is -0.230. The quantitative estimate of drug-likeness (QED) is 0.277. The van der Waals surface area contributed by atoms with E-state index in [1.807, 2.05) is 0 Å². The maximum Gasteiger partial charge on any atom is 0.529 e. The monoisotopic (exact) mass is 212 g/mol. The molecule has 6 nitrogen and oxygen atoms in total. The van der Waals surface area contributed by atoms with Crippen LogP contribution in [0.2, 0.25) is 0 Å². The maximum absolute atomic E-state index is 11.4. The summed E-state index contributed by atoms with van der Waals surface area (Å²) >= 11 is 0. The van der Waals surface area contributed by atoms with Crippen molar-refractivity contribution in [2.45, 2.75) is 13.0 Å². The summed E-state index contributed by atoms with van der Waals surface area (Å²) in [6.45, 7) is 5.03. The summed E-state index contributed by atoms with van der Waals surface area (Å²) in [6, 6.07) is 0. The summed E-state index contributed by atoms with van der Waals surface area (Å²) in [7, 11) is -1.46. The van der Waals surface area contributed by atoms with Crippen LogP contribution in [0.5, 0.6) is 0 Å². The van der Waals surface area contributed by atoms with Crippen LogP contribution < -0.4 is 0 Å². The Morgan fingerprint density at radius 3 is 2.08 bits per heavy atom. The molecule has 7 heteroatoms. The second-order valence-corrected chi connectivity index (χ2v) is 3.38. The topological polar surface area (TPSA) is 63.2 Å². The van der Waals surface area contributed by atoms with Gasteiger partial charge in [0, 0.05) is 0 Å². The zero-order valence-corrected chi connectivity index (χ0v) is 8.65. The van der Waals surface area contributed by atoms with Gasteiger partial charge in [0.1, 0.15) is 0 Å². The molecule has 78 valence electrons. The molecule has 0 amide bonds. The zero-order valence-electron chi connectivity index (χ0n) is 7.76. The zero-order chi connectivity index (χ0) is 10.3. The van der Waals surface area contributed by atoms with Crippen molar-refractivity contribution in [3.63, 3.8) is 0 Å². The van der Waals surface area contributed by atoms with Crippen LogP contribution >= 0.6 is 7.82 Å². The Kier molecular flexibility index (Phi) is 6.15. The van der Waals surface area contributed by atoms with Crippen LogP contribution in [0.3, 0.4) is 0 Å². The van der Waals surface area contributed by atoms with Crippen molar-refractivity contribution in [3.05, 3.63) is 12.7 Å². The lowest BCUT2D eigenvalue weighted by atomic mass is 10.4. The Labute approximate surface area is 76.9 Å². The number of hydrogen-bond donors (Lipinski definition) is 0. The summed E-state index contributed by atoms with van der Waals surface area (Å²) in [5.74, 6) is 0. The van der Waals surface area contributed by atoms with Crippen LogP contribution in [-0.2, 0) is 28.2 Å². The first kappa shape index (κ1) is 12.8. The predicted octanol–water partition coefficient (Wildman–Crippen LogP) is 1.84. The minimum Gasteiger partial charge on any atom is -0.276 e. The standard InChI is InChI=1S/C6H13O6P/c1-5-6(2)10-13(7,11-8-3)12-9-4/h5-6H,1H2,2-4H3. The Morgan fingerprint density at radius 1 is 1.31 bits per heavy atom. The van der Waals surface area contributed by atoms with Crippen molar-refractivity contribution >= 4 is 7.82 Å². The van der Waals surface area contributed by atoms with Crippen molar-refractivity contribution in [2.24, 2.45) is 0 Å². The van der Waals surface area contributed by atoms with Gasteiger partial charge in [0.05, 0.1) is 20.3 Å². The molecule has 0 N–H and O–H groups in total. The first-order valence-corrected chi connectivity index (χ1v) is 4.90. The molecule has 0 bridgehead atoms. The summed E-state index contributed by atoms with van der Waals surface area (Å²) in [5.41, 5.74) is 0. The minimum atomic E-state index is -3.81. The van der Waals surface area contributed by atoms with Gasteiger partial charge in [-0.3, -0.25) is 4.52 Å². The summed E-state index contributed by atoms with van der Waals surface area (Å²) in [6.07, 6.45) is 0.918. The van der Waals surface area contributed by atoms with Gasteiger partial charge in [0.2, 0.25) is 0 Å². The van der Waals surface area contributed by atoms with Crippen LogP contribution in [-0.4, -0.2) is 20.3 Å². The Bertz CT molecular complexity index is 184. The van der Waals surface area contributed by atoms with Crippen LogP contribution in [0, 0.1) is 0 Å². The molecule has 0 aromatic carbocycles. The van der Waals surface area contributed by atoms with E-state index in [4.69, 9.17) is 4.52 Å². The van der Waals surface area contributed by atoms with E-state index in [1.54, 1.807) is 6.92 Å². The molecule has 0 aliphatic heterocycles. The summed E-state index contributed by atoms with van der Waals surface area (Å²) in [5, 5.41) is 0. The van der Waals surface area contributed by atoms with Crippen LogP contribution in [0.15, 0.2) is 12.7 Å². The molecule has 0 fully saturated rings. The van der Waals surface area contributed by atoms with Gasteiger partial charge >= 0.3 is 7.82 Å². The van der Waals surface area contributed by atoms with Gasteiger partial charge in [-0.25, -0.2) is 14.3 Å². The highest BCUT2D eigenvalue weighted by molar-refractivity contribution is 7.48. The van der Waals surface area contributed by atoms with Crippen molar-refractivity contribution in [3.8, 4) is 0 Å². The van der Waals surface area contributed by atoms with Crippen molar-refractivity contribution in [1.82, 2.24) is 0 Å². The van der Waals surface area contributed by atoms with Gasteiger partial charge in [-0.2, -0.15) is 0 Å². The molecule has 13 heavy (non-hydrogen) atoms. The lowest BCUT2D eigenvalue weighted by Crippen LogP contribution is -2.06. The first-order valence-electron chi connectivity index (χ1n) is 3.43. The first-order chi connectivity index (χ1) is 6.08. The third-order valence-electron chi connectivity index (χ3n) is 0.959. The highest BCUT2D eigenvalue weighted by Crippen LogP contribution is 2.50. The Morgan fingerprint density at radius 2 is 1.77 bits per heavy atom. The van der Waals surface area contributed by atoms with E-state index in [2.05, 4.69) is 25.7 Å². The molecule has 0 aliphatic carbocycles. The third-order valence-corrected chi connectivity index (χ3v) is 2.21. The largest absolute Gasteiger partial charge is 0.529 e. The van der Waals surface area contributed by atoms with Crippen molar-refractivity contribution in [1.29, 1.82) is 0 Å². The molecular formula is C6H13O6P.